The molecule has 1 rings (SSSR count). The second-order valence-corrected chi connectivity index (χ2v) is 2.61. The molecule has 1 aliphatic heterocycles. The third-order valence-electron chi connectivity index (χ3n) is 1.65. The third kappa shape index (κ3) is 1.92. The molecule has 3 N–H and O–H groups in total. The highest BCUT2D eigenvalue weighted by molar-refractivity contribution is 4.84. The summed E-state index contributed by atoms with van der Waals surface area (Å²) in [6, 6.07) is 0. The molecule has 0 aromatic heterocycles. The fraction of sp³-hybridized carbons (Fsp3) is 0.714. The smallest absolute Gasteiger partial charge is 0.108 e. The summed E-state index contributed by atoms with van der Waals surface area (Å²) in [7, 11) is 0. The van der Waals surface area contributed by atoms with Gasteiger partial charge in [0, 0.05) is 25.2 Å². The molecule has 1 fully saturated rings. The molecule has 0 aromatic rings. The topological polar surface area (TPSA) is 47.3 Å². The van der Waals surface area contributed by atoms with Crippen molar-refractivity contribution >= 4 is 0 Å². The van der Waals surface area contributed by atoms with E-state index in [2.05, 4.69) is 5.32 Å². The number of nitrogens with one attached hydrogen (secondary N) is 1. The first kappa shape index (κ1) is 7.41. The van der Waals surface area contributed by atoms with Crippen LogP contribution in [0, 0.1) is 5.92 Å². The van der Waals surface area contributed by atoms with Crippen molar-refractivity contribution in [1.82, 2.24) is 5.32 Å². The van der Waals surface area contributed by atoms with Crippen LogP contribution in [0.4, 0.5) is 0 Å². The predicted octanol–water partition coefficient (Wildman–Crippen LogP) is 0.0424. The molecule has 0 aromatic carbocycles. The molecule has 1 saturated heterocycles. The van der Waals surface area contributed by atoms with E-state index in [0.717, 1.165) is 25.5 Å². The highest BCUT2D eigenvalue weighted by atomic mass is 16.5. The SMILES string of the molecule is C/C(=C\N)OCC1CNC1. The van der Waals surface area contributed by atoms with Gasteiger partial charge >= 0.3 is 0 Å². The average Bonchev–Trinajstić information content (AvgIpc) is 1.84. The monoisotopic (exact) mass is 142 g/mol. The van der Waals surface area contributed by atoms with Gasteiger partial charge in [-0.1, -0.05) is 0 Å². The number of rotatable bonds is 3. The zero-order valence-electron chi connectivity index (χ0n) is 6.26. The van der Waals surface area contributed by atoms with Gasteiger partial charge in [0.1, 0.15) is 5.76 Å². The van der Waals surface area contributed by atoms with E-state index in [1.165, 1.54) is 6.20 Å². The summed E-state index contributed by atoms with van der Waals surface area (Å²) in [5.41, 5.74) is 5.22. The van der Waals surface area contributed by atoms with Crippen molar-refractivity contribution in [3.8, 4) is 0 Å². The van der Waals surface area contributed by atoms with Crippen LogP contribution in [-0.2, 0) is 4.74 Å². The summed E-state index contributed by atoms with van der Waals surface area (Å²) in [6.45, 7) is 4.83. The number of hydrogen-bond donors (Lipinski definition) is 2. The molecule has 0 amide bonds. The van der Waals surface area contributed by atoms with Crippen LogP contribution in [-0.4, -0.2) is 19.7 Å². The van der Waals surface area contributed by atoms with Crippen LogP contribution < -0.4 is 11.1 Å². The number of hydrogen-bond acceptors (Lipinski definition) is 3. The summed E-state index contributed by atoms with van der Waals surface area (Å²) in [4.78, 5) is 0. The van der Waals surface area contributed by atoms with Crippen LogP contribution in [0.2, 0.25) is 0 Å². The second kappa shape index (κ2) is 3.46. The maximum Gasteiger partial charge on any atom is 0.108 e. The first-order valence-corrected chi connectivity index (χ1v) is 3.55. The maximum absolute atomic E-state index is 5.29. The minimum Gasteiger partial charge on any atom is -0.496 e. The van der Waals surface area contributed by atoms with E-state index in [4.69, 9.17) is 10.5 Å². The minimum absolute atomic E-state index is 0.690. The van der Waals surface area contributed by atoms with Gasteiger partial charge < -0.3 is 15.8 Å². The lowest BCUT2D eigenvalue weighted by atomic mass is 10.1. The first-order valence-electron chi connectivity index (χ1n) is 3.55. The quantitative estimate of drug-likeness (QED) is 0.547. The van der Waals surface area contributed by atoms with E-state index in [9.17, 15) is 0 Å². The standard InChI is InChI=1S/C7H14N2O/c1-6(2-8)10-5-7-3-9-4-7/h2,7,9H,3-5,8H2,1H3/b6-2+. The average molecular weight is 142 g/mol. The Morgan fingerprint density at radius 2 is 2.50 bits per heavy atom. The van der Waals surface area contributed by atoms with Gasteiger partial charge in [0.2, 0.25) is 0 Å². The molecule has 0 aliphatic carbocycles. The summed E-state index contributed by atoms with van der Waals surface area (Å²) < 4.78 is 5.29. The van der Waals surface area contributed by atoms with Crippen molar-refractivity contribution < 1.29 is 4.74 Å². The Bertz CT molecular complexity index is 130. The van der Waals surface area contributed by atoms with Crippen LogP contribution >= 0.6 is 0 Å². The van der Waals surface area contributed by atoms with Crippen molar-refractivity contribution in [3.63, 3.8) is 0 Å². The lowest BCUT2D eigenvalue weighted by Gasteiger charge is -2.26. The van der Waals surface area contributed by atoms with Gasteiger partial charge in [-0.3, -0.25) is 0 Å². The van der Waals surface area contributed by atoms with E-state index in [-0.39, 0.29) is 0 Å². The summed E-state index contributed by atoms with van der Waals surface area (Å²) in [5, 5.41) is 3.17. The van der Waals surface area contributed by atoms with Crippen LogP contribution in [0.3, 0.4) is 0 Å². The lowest BCUT2D eigenvalue weighted by molar-refractivity contribution is 0.135. The van der Waals surface area contributed by atoms with Gasteiger partial charge in [-0.25, -0.2) is 0 Å². The molecule has 1 aliphatic rings. The van der Waals surface area contributed by atoms with E-state index >= 15 is 0 Å². The fourth-order valence-corrected chi connectivity index (χ4v) is 0.764. The van der Waals surface area contributed by atoms with E-state index in [1.807, 2.05) is 6.92 Å². The Morgan fingerprint density at radius 1 is 1.80 bits per heavy atom. The van der Waals surface area contributed by atoms with E-state index < -0.39 is 0 Å². The highest BCUT2D eigenvalue weighted by Crippen LogP contribution is 2.05. The predicted molar refractivity (Wildman–Crippen MR) is 40.3 cm³/mol. The van der Waals surface area contributed by atoms with Gasteiger partial charge in [0.05, 0.1) is 6.61 Å². The van der Waals surface area contributed by atoms with Crippen molar-refractivity contribution in [1.29, 1.82) is 0 Å². The molecule has 0 radical (unpaired) electrons. The molecular formula is C7H14N2O. The zero-order valence-corrected chi connectivity index (χ0v) is 6.26. The van der Waals surface area contributed by atoms with Crippen molar-refractivity contribution in [2.45, 2.75) is 6.92 Å². The maximum atomic E-state index is 5.29. The summed E-state index contributed by atoms with van der Waals surface area (Å²) >= 11 is 0. The Labute approximate surface area is 61.2 Å². The fourth-order valence-electron chi connectivity index (χ4n) is 0.764. The Balaban J connectivity index is 2.04. The van der Waals surface area contributed by atoms with E-state index in [1.54, 1.807) is 0 Å². The van der Waals surface area contributed by atoms with Crippen molar-refractivity contribution in [3.05, 3.63) is 12.0 Å². The molecule has 10 heavy (non-hydrogen) atoms. The largest absolute Gasteiger partial charge is 0.496 e. The van der Waals surface area contributed by atoms with Crippen LogP contribution in [0.25, 0.3) is 0 Å². The molecular weight excluding hydrogens is 128 g/mol. The van der Waals surface area contributed by atoms with Gasteiger partial charge in [-0.15, -0.1) is 0 Å². The number of nitrogens with two attached hydrogens (primary N) is 1. The molecule has 0 atom stereocenters. The van der Waals surface area contributed by atoms with Crippen molar-refractivity contribution in [2.75, 3.05) is 19.7 Å². The van der Waals surface area contributed by atoms with Crippen molar-refractivity contribution in [2.24, 2.45) is 11.7 Å². The molecule has 0 bridgehead atoms. The minimum atomic E-state index is 0.690. The second-order valence-electron chi connectivity index (χ2n) is 2.61. The molecule has 58 valence electrons. The third-order valence-corrected chi connectivity index (χ3v) is 1.65. The van der Waals surface area contributed by atoms with Gasteiger partial charge in [0.25, 0.3) is 0 Å². The Morgan fingerprint density at radius 3 is 2.90 bits per heavy atom. The molecule has 0 saturated carbocycles. The van der Waals surface area contributed by atoms with Crippen LogP contribution in [0.15, 0.2) is 12.0 Å². The molecule has 3 heteroatoms. The molecule has 1 heterocycles. The summed E-state index contributed by atoms with van der Waals surface area (Å²) in [6.07, 6.45) is 1.49. The highest BCUT2D eigenvalue weighted by Gasteiger charge is 2.16. The summed E-state index contributed by atoms with van der Waals surface area (Å²) in [5.74, 6) is 1.50. The molecule has 0 spiro atoms. The van der Waals surface area contributed by atoms with Gasteiger partial charge in [-0.2, -0.15) is 0 Å². The van der Waals surface area contributed by atoms with Crippen LogP contribution in [0.1, 0.15) is 6.92 Å². The zero-order chi connectivity index (χ0) is 7.40. The molecule has 3 nitrogen and oxygen atoms in total. The lowest BCUT2D eigenvalue weighted by Crippen LogP contribution is -2.44. The molecule has 0 unspecified atom stereocenters. The number of allylic oxidation sites excluding steroid dienone is 1. The number of ether oxygens (including phenoxy) is 1. The van der Waals surface area contributed by atoms with E-state index in [0.29, 0.717) is 5.92 Å². The van der Waals surface area contributed by atoms with Gasteiger partial charge in [0.15, 0.2) is 0 Å². The first-order chi connectivity index (χ1) is 4.83. The van der Waals surface area contributed by atoms with Crippen LogP contribution in [0.5, 0.6) is 0 Å². The normalized spacial score (nSPS) is 20.3. The van der Waals surface area contributed by atoms with Gasteiger partial charge in [-0.05, 0) is 6.92 Å². The Hall–Kier alpha value is -0.700. The Kier molecular flexibility index (Phi) is 2.57.